The number of nitrogens with zero attached hydrogens (tertiary/aromatic N) is 2. The molecule has 1 aromatic carbocycles. The molecule has 3 aromatic rings. The van der Waals surface area contributed by atoms with Gasteiger partial charge in [0.05, 0.1) is 37.1 Å². The molecule has 0 aliphatic carbocycles. The van der Waals surface area contributed by atoms with E-state index < -0.39 is 12.0 Å². The van der Waals surface area contributed by atoms with Crippen LogP contribution in [0.3, 0.4) is 0 Å². The maximum absolute atomic E-state index is 13.4. The first-order chi connectivity index (χ1) is 15.0. The van der Waals surface area contributed by atoms with Gasteiger partial charge in [-0.15, -0.1) is 11.3 Å². The van der Waals surface area contributed by atoms with E-state index in [2.05, 4.69) is 4.99 Å². The van der Waals surface area contributed by atoms with Crippen molar-refractivity contribution in [1.82, 2.24) is 4.57 Å². The van der Waals surface area contributed by atoms with Crippen molar-refractivity contribution in [1.29, 1.82) is 0 Å². The number of carbonyl (C=O) groups is 1. The number of allylic oxidation sites excluding steroid dienone is 1. The number of thiophene rings is 1. The van der Waals surface area contributed by atoms with E-state index >= 15 is 0 Å². The highest BCUT2D eigenvalue weighted by molar-refractivity contribution is 7.10. The van der Waals surface area contributed by atoms with Gasteiger partial charge in [-0.2, -0.15) is 0 Å². The molecule has 3 heterocycles. The number of esters is 1. The molecule has 0 radical (unpaired) electrons. The molecule has 31 heavy (non-hydrogen) atoms. The van der Waals surface area contributed by atoms with Gasteiger partial charge in [-0.25, -0.2) is 9.79 Å². The average Bonchev–Trinajstić information content (AvgIpc) is 3.41. The SMILES string of the molecule is COC(=O)C1=C(C)N=c2s/c(=C\c3ccc(OC)c(OC)c3)c(=O)n2[C@@H]1c1cccs1. The molecule has 2 aromatic heterocycles. The minimum Gasteiger partial charge on any atom is -0.493 e. The molecule has 0 bridgehead atoms. The number of carbonyl (C=O) groups excluding carboxylic acids is 1. The van der Waals surface area contributed by atoms with Gasteiger partial charge in [0.25, 0.3) is 5.56 Å². The Labute approximate surface area is 186 Å². The Morgan fingerprint density at radius 1 is 1.16 bits per heavy atom. The summed E-state index contributed by atoms with van der Waals surface area (Å²) >= 11 is 2.76. The topological polar surface area (TPSA) is 79.1 Å². The Morgan fingerprint density at radius 2 is 1.94 bits per heavy atom. The van der Waals surface area contributed by atoms with Crippen molar-refractivity contribution >= 4 is 34.7 Å². The summed E-state index contributed by atoms with van der Waals surface area (Å²) in [4.78, 5) is 31.9. The maximum Gasteiger partial charge on any atom is 0.338 e. The van der Waals surface area contributed by atoms with E-state index in [9.17, 15) is 9.59 Å². The normalized spacial score (nSPS) is 16.0. The molecule has 0 amide bonds. The molecule has 9 heteroatoms. The first-order valence-corrected chi connectivity index (χ1v) is 11.0. The van der Waals surface area contributed by atoms with Gasteiger partial charge in [0.2, 0.25) is 0 Å². The second-order valence-electron chi connectivity index (χ2n) is 6.70. The van der Waals surface area contributed by atoms with E-state index in [0.717, 1.165) is 10.4 Å². The second kappa shape index (κ2) is 8.52. The summed E-state index contributed by atoms with van der Waals surface area (Å²) in [5.74, 6) is 0.690. The number of thiazole rings is 1. The third kappa shape index (κ3) is 3.70. The zero-order valence-corrected chi connectivity index (χ0v) is 19.0. The fourth-order valence-electron chi connectivity index (χ4n) is 3.50. The lowest BCUT2D eigenvalue weighted by Crippen LogP contribution is -2.39. The quantitative estimate of drug-likeness (QED) is 0.551. The molecule has 7 nitrogen and oxygen atoms in total. The van der Waals surface area contributed by atoms with Crippen LogP contribution in [0.1, 0.15) is 23.4 Å². The van der Waals surface area contributed by atoms with E-state index in [-0.39, 0.29) is 5.56 Å². The number of hydrogen-bond donors (Lipinski definition) is 0. The first-order valence-electron chi connectivity index (χ1n) is 9.34. The Morgan fingerprint density at radius 3 is 2.58 bits per heavy atom. The van der Waals surface area contributed by atoms with E-state index in [1.165, 1.54) is 29.8 Å². The Kier molecular flexibility index (Phi) is 5.79. The predicted octanol–water partition coefficient (Wildman–Crippen LogP) is 2.49. The van der Waals surface area contributed by atoms with Gasteiger partial charge < -0.3 is 14.2 Å². The summed E-state index contributed by atoms with van der Waals surface area (Å²) in [7, 11) is 4.46. The fraction of sp³-hybridized carbons (Fsp3) is 0.227. The van der Waals surface area contributed by atoms with E-state index in [1.807, 2.05) is 23.6 Å². The molecule has 1 aliphatic heterocycles. The van der Waals surface area contributed by atoms with Crippen LogP contribution in [0.4, 0.5) is 0 Å². The minimum atomic E-state index is -0.573. The molecule has 0 saturated carbocycles. The summed E-state index contributed by atoms with van der Waals surface area (Å²) in [6.45, 7) is 1.76. The van der Waals surface area contributed by atoms with Crippen LogP contribution in [0.2, 0.25) is 0 Å². The summed E-state index contributed by atoms with van der Waals surface area (Å²) in [6, 6.07) is 8.67. The largest absolute Gasteiger partial charge is 0.493 e. The second-order valence-corrected chi connectivity index (χ2v) is 8.69. The Balaban J connectivity index is 1.92. The molecule has 0 spiro atoms. The molecule has 1 atom stereocenters. The lowest BCUT2D eigenvalue weighted by molar-refractivity contribution is -0.136. The van der Waals surface area contributed by atoms with Gasteiger partial charge in [0.15, 0.2) is 16.3 Å². The monoisotopic (exact) mass is 456 g/mol. The van der Waals surface area contributed by atoms with E-state index in [0.29, 0.717) is 32.1 Å². The third-order valence-electron chi connectivity index (χ3n) is 4.95. The molecule has 4 rings (SSSR count). The molecule has 0 saturated heterocycles. The van der Waals surface area contributed by atoms with Gasteiger partial charge in [-0.1, -0.05) is 23.5 Å². The van der Waals surface area contributed by atoms with Gasteiger partial charge in [0.1, 0.15) is 6.04 Å². The van der Waals surface area contributed by atoms with Gasteiger partial charge in [0, 0.05) is 4.88 Å². The highest BCUT2D eigenvalue weighted by atomic mass is 32.1. The average molecular weight is 457 g/mol. The van der Waals surface area contributed by atoms with Crippen molar-refractivity contribution in [3.05, 3.63) is 77.1 Å². The summed E-state index contributed by atoms with van der Waals surface area (Å²) < 4.78 is 17.7. The molecule has 160 valence electrons. The van der Waals surface area contributed by atoms with Crippen LogP contribution in [0.25, 0.3) is 6.08 Å². The van der Waals surface area contributed by atoms with Crippen LogP contribution in [-0.4, -0.2) is 31.9 Å². The van der Waals surface area contributed by atoms with Gasteiger partial charge >= 0.3 is 5.97 Å². The maximum atomic E-state index is 13.4. The van der Waals surface area contributed by atoms with Crippen LogP contribution < -0.4 is 24.4 Å². The summed E-state index contributed by atoms with van der Waals surface area (Å²) in [5, 5.41) is 1.92. The van der Waals surface area contributed by atoms with Crippen LogP contribution in [0, 0.1) is 0 Å². The van der Waals surface area contributed by atoms with Gasteiger partial charge in [-0.3, -0.25) is 9.36 Å². The van der Waals surface area contributed by atoms with Crippen LogP contribution >= 0.6 is 22.7 Å². The number of fused-ring (bicyclic) bond motifs is 1. The minimum absolute atomic E-state index is 0.217. The van der Waals surface area contributed by atoms with Crippen molar-refractivity contribution in [3.63, 3.8) is 0 Å². The van der Waals surface area contributed by atoms with E-state index in [1.54, 1.807) is 43.9 Å². The molecular formula is C22H20N2O5S2. The lowest BCUT2D eigenvalue weighted by Gasteiger charge is -2.22. The predicted molar refractivity (Wildman–Crippen MR) is 120 cm³/mol. The smallest absolute Gasteiger partial charge is 0.338 e. The molecule has 0 unspecified atom stereocenters. The highest BCUT2D eigenvalue weighted by Crippen LogP contribution is 2.33. The summed E-state index contributed by atoms with van der Waals surface area (Å²) in [5.41, 5.74) is 1.49. The zero-order valence-electron chi connectivity index (χ0n) is 17.4. The number of ether oxygens (including phenoxy) is 3. The van der Waals surface area contributed by atoms with Crippen LogP contribution in [0.5, 0.6) is 11.5 Å². The standard InChI is InChI=1S/C22H20N2O5S2/c1-12-18(21(26)29-4)19(16-6-5-9-30-16)24-20(25)17(31-22(24)23-12)11-13-7-8-14(27-2)15(10-13)28-3/h5-11,19H,1-4H3/b17-11-/t19-/m1/s1. The zero-order chi connectivity index (χ0) is 22.1. The van der Waals surface area contributed by atoms with Crippen molar-refractivity contribution < 1.29 is 19.0 Å². The number of aromatic nitrogens is 1. The van der Waals surface area contributed by atoms with Crippen LogP contribution in [0.15, 0.2) is 56.8 Å². The molecule has 1 aliphatic rings. The Bertz CT molecular complexity index is 1350. The summed E-state index contributed by atoms with van der Waals surface area (Å²) in [6.07, 6.45) is 1.79. The molecule has 0 N–H and O–H groups in total. The third-order valence-corrected chi connectivity index (χ3v) is 6.85. The lowest BCUT2D eigenvalue weighted by atomic mass is 10.0. The van der Waals surface area contributed by atoms with Crippen molar-refractivity contribution in [3.8, 4) is 11.5 Å². The van der Waals surface area contributed by atoms with Crippen molar-refractivity contribution in [2.24, 2.45) is 4.99 Å². The van der Waals surface area contributed by atoms with Crippen molar-refractivity contribution in [2.45, 2.75) is 13.0 Å². The van der Waals surface area contributed by atoms with Crippen LogP contribution in [-0.2, 0) is 9.53 Å². The number of methoxy groups -OCH3 is 3. The first kappa shape index (κ1) is 21.1. The molecular weight excluding hydrogens is 436 g/mol. The number of rotatable bonds is 5. The fourth-order valence-corrected chi connectivity index (χ4v) is 5.37. The molecule has 0 fully saturated rings. The van der Waals surface area contributed by atoms with E-state index in [4.69, 9.17) is 14.2 Å². The highest BCUT2D eigenvalue weighted by Gasteiger charge is 2.33. The number of benzene rings is 1. The Hall–Kier alpha value is -3.17. The van der Waals surface area contributed by atoms with Gasteiger partial charge in [-0.05, 0) is 42.1 Å². The van der Waals surface area contributed by atoms with Crippen molar-refractivity contribution in [2.75, 3.05) is 21.3 Å². The number of hydrogen-bond acceptors (Lipinski definition) is 8.